The monoisotopic (exact) mass is 513 g/mol. The van der Waals surface area contributed by atoms with Crippen molar-refractivity contribution in [3.8, 4) is 0 Å². The molecular formula is C26H27NO4S3. The molecule has 8 heteroatoms. The van der Waals surface area contributed by atoms with Gasteiger partial charge < -0.3 is 9.47 Å². The van der Waals surface area contributed by atoms with Crippen LogP contribution in [0.5, 0.6) is 0 Å². The quantitative estimate of drug-likeness (QED) is 0.124. The lowest BCUT2D eigenvalue weighted by atomic mass is 10.1. The Balaban J connectivity index is 1.84. The molecule has 1 fully saturated rings. The van der Waals surface area contributed by atoms with Crippen LogP contribution in [0.1, 0.15) is 13.8 Å². The Bertz CT molecular complexity index is 966. The second-order valence-corrected chi connectivity index (χ2v) is 13.1. The summed E-state index contributed by atoms with van der Waals surface area (Å²) in [5.41, 5.74) is 0. The molecule has 0 amide bonds. The topological polar surface area (TPSA) is 61.6 Å². The molecule has 178 valence electrons. The van der Waals surface area contributed by atoms with Crippen LogP contribution >= 0.6 is 35.3 Å². The van der Waals surface area contributed by atoms with Crippen molar-refractivity contribution in [3.63, 3.8) is 0 Å². The van der Waals surface area contributed by atoms with Gasteiger partial charge >= 0.3 is 0 Å². The van der Waals surface area contributed by atoms with E-state index in [0.717, 1.165) is 14.7 Å². The summed E-state index contributed by atoms with van der Waals surface area (Å²) < 4.78 is 11.5. The maximum atomic E-state index is 12.0. The maximum Gasteiger partial charge on any atom is 0.212 e. The van der Waals surface area contributed by atoms with E-state index in [1.165, 1.54) is 0 Å². The van der Waals surface area contributed by atoms with Gasteiger partial charge in [-0.1, -0.05) is 89.9 Å². The molecule has 0 radical (unpaired) electrons. The van der Waals surface area contributed by atoms with E-state index < -0.39 is 21.2 Å². The number of ether oxygens (including phenoxy) is 2. The molecule has 5 nitrogen and oxygen atoms in total. The average Bonchev–Trinajstić information content (AvgIpc) is 3.18. The Hall–Kier alpha value is -1.97. The first-order valence-corrected chi connectivity index (χ1v) is 13.5. The molecule has 2 atom stereocenters. The molecule has 3 aromatic rings. The summed E-state index contributed by atoms with van der Waals surface area (Å²) in [6, 6.07) is 30.2. The van der Waals surface area contributed by atoms with E-state index >= 15 is 0 Å². The zero-order valence-corrected chi connectivity index (χ0v) is 21.5. The molecule has 4 rings (SSSR count). The van der Waals surface area contributed by atoms with Crippen molar-refractivity contribution < 1.29 is 14.4 Å². The Morgan fingerprint density at radius 3 is 1.62 bits per heavy atom. The van der Waals surface area contributed by atoms with E-state index in [9.17, 15) is 10.1 Å². The predicted molar refractivity (Wildman–Crippen MR) is 140 cm³/mol. The number of benzene rings is 3. The molecule has 0 spiro atoms. The molecule has 0 saturated carbocycles. The molecule has 1 saturated heterocycles. The molecule has 0 N–H and O–H groups in total. The van der Waals surface area contributed by atoms with Crippen LogP contribution in [-0.2, 0) is 9.47 Å². The van der Waals surface area contributed by atoms with Crippen molar-refractivity contribution in [2.45, 2.75) is 43.8 Å². The zero-order valence-electron chi connectivity index (χ0n) is 19.0. The highest BCUT2D eigenvalue weighted by Crippen LogP contribution is 2.61. The third-order valence-corrected chi connectivity index (χ3v) is 10.1. The van der Waals surface area contributed by atoms with Gasteiger partial charge in [-0.3, -0.25) is 10.1 Å². The lowest BCUT2D eigenvalue weighted by Gasteiger charge is -2.39. The van der Waals surface area contributed by atoms with Crippen molar-refractivity contribution in [1.82, 2.24) is 0 Å². The molecule has 1 heterocycles. The minimum absolute atomic E-state index is 0.225. The van der Waals surface area contributed by atoms with E-state index in [-0.39, 0.29) is 11.5 Å². The largest absolute Gasteiger partial charge is 0.348 e. The SMILES string of the molecule is CC1(C)OC[C@H]([C@H](C[N+](=O)[O-])C(Sc2ccccc2)(Sc2ccccc2)Sc2ccccc2)O1. The van der Waals surface area contributed by atoms with Gasteiger partial charge in [0.05, 0.1) is 18.6 Å². The van der Waals surface area contributed by atoms with E-state index in [1.54, 1.807) is 35.3 Å². The Morgan fingerprint density at radius 2 is 1.29 bits per heavy atom. The van der Waals surface area contributed by atoms with Gasteiger partial charge in [0.15, 0.2) is 5.79 Å². The first-order chi connectivity index (χ1) is 16.4. The fraction of sp³-hybridized carbons (Fsp3) is 0.308. The van der Waals surface area contributed by atoms with Crippen molar-refractivity contribution in [2.75, 3.05) is 13.2 Å². The third kappa shape index (κ3) is 6.58. The summed E-state index contributed by atoms with van der Waals surface area (Å²) >= 11 is 4.95. The van der Waals surface area contributed by atoms with E-state index in [4.69, 9.17) is 9.47 Å². The Labute approximate surface area is 213 Å². The highest BCUT2D eigenvalue weighted by Gasteiger charge is 2.53. The average molecular weight is 514 g/mol. The van der Waals surface area contributed by atoms with Crippen LogP contribution in [0.3, 0.4) is 0 Å². The van der Waals surface area contributed by atoms with Gasteiger partial charge in [0.25, 0.3) is 0 Å². The standard InChI is InChI=1S/C26H27NO4S3/c1-25(2)30-19-24(31-25)23(18-27(28)29)26(32-20-12-6-3-7-13-20,33-21-14-8-4-9-15-21)34-22-16-10-5-11-17-22/h3-17,23-24H,18-19H2,1-2H3/t23-,24+/m0/s1. The van der Waals surface area contributed by atoms with Crippen LogP contribution in [0, 0.1) is 16.0 Å². The molecule has 0 aromatic heterocycles. The number of nitrogens with zero attached hydrogens (tertiary/aromatic N) is 1. The van der Waals surface area contributed by atoms with E-state index in [1.807, 2.05) is 68.4 Å². The van der Waals surface area contributed by atoms with Crippen LogP contribution in [0.15, 0.2) is 106 Å². The molecule has 34 heavy (non-hydrogen) atoms. The van der Waals surface area contributed by atoms with Gasteiger partial charge in [-0.15, -0.1) is 0 Å². The van der Waals surface area contributed by atoms with E-state index in [2.05, 4.69) is 36.4 Å². The first kappa shape index (κ1) is 25.1. The molecule has 0 unspecified atom stereocenters. The van der Waals surface area contributed by atoms with Crippen molar-refractivity contribution in [2.24, 2.45) is 5.92 Å². The Kier molecular flexibility index (Phi) is 8.26. The predicted octanol–water partition coefficient (Wildman–Crippen LogP) is 7.06. The van der Waals surface area contributed by atoms with Crippen LogP contribution in [0.2, 0.25) is 0 Å². The highest BCUT2D eigenvalue weighted by atomic mass is 32.3. The van der Waals surface area contributed by atoms with E-state index in [0.29, 0.717) is 6.61 Å². The molecule has 1 aliphatic heterocycles. The van der Waals surface area contributed by atoms with Gasteiger partial charge in [-0.25, -0.2) is 0 Å². The number of hydrogen-bond acceptors (Lipinski definition) is 7. The minimum Gasteiger partial charge on any atom is -0.348 e. The molecule has 0 bridgehead atoms. The third-order valence-electron chi connectivity index (χ3n) is 5.29. The van der Waals surface area contributed by atoms with Gasteiger partial charge in [0.2, 0.25) is 6.54 Å². The maximum absolute atomic E-state index is 12.0. The van der Waals surface area contributed by atoms with Crippen LogP contribution in [0.4, 0.5) is 0 Å². The summed E-state index contributed by atoms with van der Waals surface area (Å²) in [5, 5.41) is 12.0. The summed E-state index contributed by atoms with van der Waals surface area (Å²) in [4.78, 5) is 14.9. The number of hydrogen-bond donors (Lipinski definition) is 0. The van der Waals surface area contributed by atoms with Gasteiger partial charge in [-0.05, 0) is 50.2 Å². The van der Waals surface area contributed by atoms with Crippen LogP contribution in [0.25, 0.3) is 0 Å². The second kappa shape index (κ2) is 11.2. The molecular weight excluding hydrogens is 486 g/mol. The number of rotatable bonds is 10. The van der Waals surface area contributed by atoms with Crippen LogP contribution in [-0.4, -0.2) is 33.4 Å². The highest BCUT2D eigenvalue weighted by molar-refractivity contribution is 8.33. The summed E-state index contributed by atoms with van der Waals surface area (Å²) in [5.74, 6) is -1.23. The molecule has 1 aliphatic rings. The minimum atomic E-state index is -0.780. The summed E-state index contributed by atoms with van der Waals surface area (Å²) in [6.07, 6.45) is -0.427. The van der Waals surface area contributed by atoms with Crippen LogP contribution < -0.4 is 0 Å². The summed E-state index contributed by atoms with van der Waals surface area (Å²) in [7, 11) is 0. The first-order valence-electron chi connectivity index (χ1n) is 11.0. The van der Waals surface area contributed by atoms with Crippen molar-refractivity contribution in [3.05, 3.63) is 101 Å². The normalized spacial score (nSPS) is 18.5. The number of nitro groups is 1. The summed E-state index contributed by atoms with van der Waals surface area (Å²) in [6.45, 7) is 3.80. The Morgan fingerprint density at radius 1 is 0.882 bits per heavy atom. The van der Waals surface area contributed by atoms with Crippen molar-refractivity contribution in [1.29, 1.82) is 0 Å². The number of thioether (sulfide) groups is 3. The van der Waals surface area contributed by atoms with Gasteiger partial charge in [0, 0.05) is 19.6 Å². The molecule has 0 aliphatic carbocycles. The lowest BCUT2D eigenvalue weighted by Crippen LogP contribution is -2.43. The van der Waals surface area contributed by atoms with Gasteiger partial charge in [0.1, 0.15) is 3.41 Å². The second-order valence-electron chi connectivity index (χ2n) is 8.34. The smallest absolute Gasteiger partial charge is 0.212 e. The fourth-order valence-corrected chi connectivity index (χ4v) is 9.01. The van der Waals surface area contributed by atoms with Crippen molar-refractivity contribution >= 4 is 35.3 Å². The fourth-order valence-electron chi connectivity index (χ4n) is 3.78. The molecule has 3 aromatic carbocycles. The lowest BCUT2D eigenvalue weighted by molar-refractivity contribution is -0.490. The zero-order chi connectivity index (χ0) is 24.0. The van der Waals surface area contributed by atoms with Gasteiger partial charge in [-0.2, -0.15) is 0 Å².